The van der Waals surface area contributed by atoms with Gasteiger partial charge in [0.15, 0.2) is 0 Å². The van der Waals surface area contributed by atoms with Crippen LogP contribution in [-0.4, -0.2) is 38.0 Å². The molecule has 1 N–H and O–H groups in total. The van der Waals surface area contributed by atoms with Crippen LogP contribution in [0.5, 0.6) is 0 Å². The predicted octanol–water partition coefficient (Wildman–Crippen LogP) is 2.31. The van der Waals surface area contributed by atoms with Crippen molar-refractivity contribution in [2.24, 2.45) is 0 Å². The second-order valence-electron chi connectivity index (χ2n) is 4.95. The summed E-state index contributed by atoms with van der Waals surface area (Å²) >= 11 is 0. The van der Waals surface area contributed by atoms with Crippen LogP contribution in [0.15, 0.2) is 0 Å². The SMILES string of the molecule is FC(F)OC1CCC(NC2CCCOC2)CC1. The van der Waals surface area contributed by atoms with Crippen LogP contribution in [0, 0.1) is 0 Å². The summed E-state index contributed by atoms with van der Waals surface area (Å²) in [4.78, 5) is 0. The van der Waals surface area contributed by atoms with Gasteiger partial charge in [-0.25, -0.2) is 0 Å². The Labute approximate surface area is 101 Å². The van der Waals surface area contributed by atoms with Crippen LogP contribution in [0.2, 0.25) is 0 Å². The molecule has 0 aromatic rings. The number of ether oxygens (including phenoxy) is 2. The average Bonchev–Trinajstić information content (AvgIpc) is 2.32. The third-order valence-corrected chi connectivity index (χ3v) is 3.60. The van der Waals surface area contributed by atoms with Crippen molar-refractivity contribution in [3.05, 3.63) is 0 Å². The van der Waals surface area contributed by atoms with Gasteiger partial charge in [0.25, 0.3) is 0 Å². The predicted molar refractivity (Wildman–Crippen MR) is 60.1 cm³/mol. The molecule has 0 bridgehead atoms. The minimum Gasteiger partial charge on any atom is -0.380 e. The van der Waals surface area contributed by atoms with Crippen molar-refractivity contribution in [2.45, 2.75) is 63.3 Å². The second-order valence-corrected chi connectivity index (χ2v) is 4.95. The monoisotopic (exact) mass is 249 g/mol. The highest BCUT2D eigenvalue weighted by Crippen LogP contribution is 2.23. The standard InChI is InChI=1S/C12H21F2NO2/c13-12(14)17-11-5-3-9(4-6-11)15-10-2-1-7-16-8-10/h9-12,15H,1-8H2. The molecule has 1 atom stereocenters. The lowest BCUT2D eigenvalue weighted by Crippen LogP contribution is -2.45. The fraction of sp³-hybridized carbons (Fsp3) is 1.00. The summed E-state index contributed by atoms with van der Waals surface area (Å²) in [6.07, 6.45) is 5.33. The van der Waals surface area contributed by atoms with Gasteiger partial charge in [0.1, 0.15) is 0 Å². The molecule has 1 saturated carbocycles. The summed E-state index contributed by atoms with van der Waals surface area (Å²) in [5.41, 5.74) is 0. The molecule has 100 valence electrons. The quantitative estimate of drug-likeness (QED) is 0.829. The Hall–Kier alpha value is -0.260. The van der Waals surface area contributed by atoms with Gasteiger partial charge in [-0.3, -0.25) is 0 Å². The van der Waals surface area contributed by atoms with Crippen molar-refractivity contribution >= 4 is 0 Å². The minimum absolute atomic E-state index is 0.254. The maximum atomic E-state index is 12.0. The van der Waals surface area contributed by atoms with Gasteiger partial charge in [0.2, 0.25) is 0 Å². The Morgan fingerprint density at radius 2 is 1.82 bits per heavy atom. The topological polar surface area (TPSA) is 30.5 Å². The molecule has 0 aromatic carbocycles. The van der Waals surface area contributed by atoms with Gasteiger partial charge in [-0.1, -0.05) is 0 Å². The van der Waals surface area contributed by atoms with E-state index in [1.54, 1.807) is 0 Å². The zero-order chi connectivity index (χ0) is 12.1. The van der Waals surface area contributed by atoms with Crippen molar-refractivity contribution in [3.63, 3.8) is 0 Å². The molecule has 0 aromatic heterocycles. The van der Waals surface area contributed by atoms with E-state index in [-0.39, 0.29) is 6.10 Å². The molecule has 0 amide bonds. The maximum absolute atomic E-state index is 12.0. The largest absolute Gasteiger partial charge is 0.380 e. The van der Waals surface area contributed by atoms with Gasteiger partial charge < -0.3 is 14.8 Å². The first kappa shape index (κ1) is 13.2. The van der Waals surface area contributed by atoms with E-state index < -0.39 is 6.61 Å². The minimum atomic E-state index is -2.63. The van der Waals surface area contributed by atoms with Crippen molar-refractivity contribution in [2.75, 3.05) is 13.2 Å². The molecule has 1 heterocycles. The molecule has 1 unspecified atom stereocenters. The molecule has 2 aliphatic rings. The summed E-state index contributed by atoms with van der Waals surface area (Å²) in [5.74, 6) is 0. The number of alkyl halides is 2. The van der Waals surface area contributed by atoms with E-state index in [9.17, 15) is 8.78 Å². The number of hydrogen-bond acceptors (Lipinski definition) is 3. The molecule has 1 saturated heterocycles. The summed E-state index contributed by atoms with van der Waals surface area (Å²) in [6, 6.07) is 0.889. The van der Waals surface area contributed by atoms with E-state index >= 15 is 0 Å². The van der Waals surface area contributed by atoms with Gasteiger partial charge in [0.05, 0.1) is 12.7 Å². The van der Waals surface area contributed by atoms with E-state index in [4.69, 9.17) is 4.74 Å². The first-order valence-corrected chi connectivity index (χ1v) is 6.51. The molecule has 17 heavy (non-hydrogen) atoms. The number of nitrogens with one attached hydrogen (secondary N) is 1. The molecular formula is C12H21F2NO2. The van der Waals surface area contributed by atoms with Gasteiger partial charge in [-0.15, -0.1) is 0 Å². The molecule has 2 fully saturated rings. The Balaban J connectivity index is 1.64. The van der Waals surface area contributed by atoms with Crippen LogP contribution in [0.25, 0.3) is 0 Å². The van der Waals surface area contributed by atoms with E-state index in [1.165, 1.54) is 0 Å². The molecule has 0 radical (unpaired) electrons. The van der Waals surface area contributed by atoms with Crippen LogP contribution in [0.1, 0.15) is 38.5 Å². The van der Waals surface area contributed by atoms with Gasteiger partial charge in [0, 0.05) is 18.7 Å². The molecule has 1 aliphatic carbocycles. The third-order valence-electron chi connectivity index (χ3n) is 3.60. The fourth-order valence-corrected chi connectivity index (χ4v) is 2.72. The number of rotatable bonds is 4. The first-order valence-electron chi connectivity index (χ1n) is 6.51. The van der Waals surface area contributed by atoms with Crippen molar-refractivity contribution in [3.8, 4) is 0 Å². The molecular weight excluding hydrogens is 228 g/mol. The number of halogens is 2. The van der Waals surface area contributed by atoms with Crippen LogP contribution >= 0.6 is 0 Å². The van der Waals surface area contributed by atoms with Gasteiger partial charge >= 0.3 is 6.61 Å². The van der Waals surface area contributed by atoms with Crippen molar-refractivity contribution < 1.29 is 18.3 Å². The van der Waals surface area contributed by atoms with Crippen LogP contribution in [0.3, 0.4) is 0 Å². The summed E-state index contributed by atoms with van der Waals surface area (Å²) < 4.78 is 34.0. The zero-order valence-corrected chi connectivity index (χ0v) is 10.0. The first-order chi connectivity index (χ1) is 8.24. The van der Waals surface area contributed by atoms with Crippen LogP contribution < -0.4 is 5.32 Å². The number of hydrogen-bond donors (Lipinski definition) is 1. The Bertz CT molecular complexity index is 215. The second kappa shape index (κ2) is 6.61. The lowest BCUT2D eigenvalue weighted by molar-refractivity contribution is -0.170. The van der Waals surface area contributed by atoms with Crippen molar-refractivity contribution in [1.82, 2.24) is 5.32 Å². The van der Waals surface area contributed by atoms with E-state index in [1.807, 2.05) is 0 Å². The lowest BCUT2D eigenvalue weighted by atomic mass is 9.92. The highest BCUT2D eigenvalue weighted by molar-refractivity contribution is 4.81. The molecule has 1 aliphatic heterocycles. The fourth-order valence-electron chi connectivity index (χ4n) is 2.72. The Kier molecular flexibility index (Phi) is 5.13. The Morgan fingerprint density at radius 1 is 1.06 bits per heavy atom. The van der Waals surface area contributed by atoms with Crippen LogP contribution in [-0.2, 0) is 9.47 Å². The molecule has 3 nitrogen and oxygen atoms in total. The average molecular weight is 249 g/mol. The molecule has 2 rings (SSSR count). The summed E-state index contributed by atoms with van der Waals surface area (Å²) in [6.45, 7) is -0.975. The molecule has 0 spiro atoms. The smallest absolute Gasteiger partial charge is 0.345 e. The highest BCUT2D eigenvalue weighted by atomic mass is 19.3. The highest BCUT2D eigenvalue weighted by Gasteiger charge is 2.26. The lowest BCUT2D eigenvalue weighted by Gasteiger charge is -2.33. The van der Waals surface area contributed by atoms with Crippen molar-refractivity contribution in [1.29, 1.82) is 0 Å². The van der Waals surface area contributed by atoms with E-state index in [2.05, 4.69) is 10.1 Å². The maximum Gasteiger partial charge on any atom is 0.345 e. The molecule has 5 heteroatoms. The third kappa shape index (κ3) is 4.48. The summed E-state index contributed by atoms with van der Waals surface area (Å²) in [7, 11) is 0. The van der Waals surface area contributed by atoms with E-state index in [0.717, 1.165) is 51.7 Å². The summed E-state index contributed by atoms with van der Waals surface area (Å²) in [5, 5.41) is 3.56. The van der Waals surface area contributed by atoms with Gasteiger partial charge in [-0.2, -0.15) is 8.78 Å². The van der Waals surface area contributed by atoms with Crippen LogP contribution in [0.4, 0.5) is 8.78 Å². The van der Waals surface area contributed by atoms with E-state index in [0.29, 0.717) is 12.1 Å². The zero-order valence-electron chi connectivity index (χ0n) is 10.0. The normalized spacial score (nSPS) is 35.1. The van der Waals surface area contributed by atoms with Gasteiger partial charge in [-0.05, 0) is 38.5 Å². The Morgan fingerprint density at radius 3 is 2.41 bits per heavy atom.